The number of nitrogens with one attached hydrogen (secondary N) is 2. The maximum atomic E-state index is 12.1. The number of benzene rings is 1. The second kappa shape index (κ2) is 11.0. The molecule has 1 aromatic carbocycles. The lowest BCUT2D eigenvalue weighted by Gasteiger charge is -2.12. The molecule has 1 aromatic rings. The van der Waals surface area contributed by atoms with Crippen molar-refractivity contribution in [1.82, 2.24) is 10.6 Å². The first-order valence-corrected chi connectivity index (χ1v) is 7.84. The Labute approximate surface area is 144 Å². The molecule has 1 rings (SSSR count). The third-order valence-electron chi connectivity index (χ3n) is 3.50. The average Bonchev–Trinajstić information content (AvgIpc) is 2.50. The van der Waals surface area contributed by atoms with E-state index in [1.807, 2.05) is 39.0 Å². The van der Waals surface area contributed by atoms with E-state index in [1.54, 1.807) is 6.07 Å². The maximum absolute atomic E-state index is 12.1. The van der Waals surface area contributed by atoms with Crippen LogP contribution < -0.4 is 16.4 Å². The van der Waals surface area contributed by atoms with Crippen molar-refractivity contribution in [1.29, 1.82) is 0 Å². The Morgan fingerprint density at radius 1 is 1.26 bits per heavy atom. The van der Waals surface area contributed by atoms with Gasteiger partial charge in [0.1, 0.15) is 0 Å². The Hall–Kier alpha value is -1.59. The smallest absolute Gasteiger partial charge is 0.251 e. The molecule has 2 unspecified atom stereocenters. The molecule has 0 saturated heterocycles. The van der Waals surface area contributed by atoms with Gasteiger partial charge in [-0.15, -0.1) is 12.4 Å². The van der Waals surface area contributed by atoms with Crippen LogP contribution in [0.2, 0.25) is 0 Å². The summed E-state index contributed by atoms with van der Waals surface area (Å²) in [5.74, 6) is -0.105. The summed E-state index contributed by atoms with van der Waals surface area (Å²) in [6, 6.07) is 7.48. The highest BCUT2D eigenvalue weighted by molar-refractivity contribution is 5.94. The lowest BCUT2D eigenvalue weighted by molar-refractivity contribution is -0.121. The van der Waals surface area contributed by atoms with E-state index in [0.717, 1.165) is 12.0 Å². The molecular formula is C17H28ClN3O2. The molecule has 2 atom stereocenters. The summed E-state index contributed by atoms with van der Waals surface area (Å²) in [7, 11) is 0. The van der Waals surface area contributed by atoms with Crippen LogP contribution in [0.4, 0.5) is 0 Å². The SMILES string of the molecule is CCC(C)NC(=O)c1cccc(CNC(=O)CCC(C)N)c1.Cl. The molecule has 0 radical (unpaired) electrons. The van der Waals surface area contributed by atoms with Crippen molar-refractivity contribution in [3.8, 4) is 0 Å². The van der Waals surface area contributed by atoms with Crippen LogP contribution in [0.3, 0.4) is 0 Å². The highest BCUT2D eigenvalue weighted by atomic mass is 35.5. The molecule has 0 aliphatic heterocycles. The summed E-state index contributed by atoms with van der Waals surface area (Å²) in [5.41, 5.74) is 7.15. The van der Waals surface area contributed by atoms with Crippen LogP contribution in [0.1, 0.15) is 56.0 Å². The Bertz CT molecular complexity index is 506. The van der Waals surface area contributed by atoms with E-state index >= 15 is 0 Å². The van der Waals surface area contributed by atoms with Crippen molar-refractivity contribution < 1.29 is 9.59 Å². The fourth-order valence-corrected chi connectivity index (χ4v) is 1.88. The Kier molecular flexibility index (Phi) is 10.3. The number of halogens is 1. The van der Waals surface area contributed by atoms with E-state index < -0.39 is 0 Å². The zero-order valence-electron chi connectivity index (χ0n) is 14.1. The largest absolute Gasteiger partial charge is 0.352 e. The topological polar surface area (TPSA) is 84.2 Å². The van der Waals surface area contributed by atoms with Crippen LogP contribution >= 0.6 is 12.4 Å². The van der Waals surface area contributed by atoms with Gasteiger partial charge >= 0.3 is 0 Å². The highest BCUT2D eigenvalue weighted by Crippen LogP contribution is 2.06. The van der Waals surface area contributed by atoms with Crippen molar-refractivity contribution in [3.63, 3.8) is 0 Å². The lowest BCUT2D eigenvalue weighted by atomic mass is 10.1. The molecule has 4 N–H and O–H groups in total. The van der Waals surface area contributed by atoms with Crippen LogP contribution in [-0.4, -0.2) is 23.9 Å². The standard InChI is InChI=1S/C17H27N3O2.ClH/c1-4-13(3)20-17(22)15-7-5-6-14(10-15)11-19-16(21)9-8-12(2)18;/h5-7,10,12-13H,4,8-9,11,18H2,1-3H3,(H,19,21)(H,20,22);1H. The van der Waals surface area contributed by atoms with Gasteiger partial charge in [-0.2, -0.15) is 0 Å². The fraction of sp³-hybridized carbons (Fsp3) is 0.529. The Morgan fingerprint density at radius 2 is 1.96 bits per heavy atom. The van der Waals surface area contributed by atoms with Gasteiger partial charge in [-0.3, -0.25) is 9.59 Å². The molecule has 0 aromatic heterocycles. The number of amides is 2. The van der Waals surface area contributed by atoms with Gasteiger partial charge in [0.25, 0.3) is 5.91 Å². The first kappa shape index (κ1) is 21.4. The normalized spacial score (nSPS) is 12.7. The zero-order chi connectivity index (χ0) is 16.5. The van der Waals surface area contributed by atoms with Crippen LogP contribution in [0.5, 0.6) is 0 Å². The summed E-state index contributed by atoms with van der Waals surface area (Å²) >= 11 is 0. The molecule has 0 fully saturated rings. The number of rotatable bonds is 8. The van der Waals surface area contributed by atoms with Crippen LogP contribution in [0.15, 0.2) is 24.3 Å². The minimum absolute atomic E-state index is 0. The molecule has 130 valence electrons. The van der Waals surface area contributed by atoms with Crippen molar-refractivity contribution in [2.24, 2.45) is 5.73 Å². The number of carbonyl (C=O) groups excluding carboxylic acids is 2. The van der Waals surface area contributed by atoms with Gasteiger partial charge in [0.15, 0.2) is 0 Å². The second-order valence-corrected chi connectivity index (χ2v) is 5.78. The molecule has 0 spiro atoms. The molecule has 0 aliphatic rings. The molecule has 5 nitrogen and oxygen atoms in total. The van der Waals surface area contributed by atoms with Gasteiger partial charge in [-0.05, 0) is 44.4 Å². The third kappa shape index (κ3) is 8.57. The molecule has 0 saturated carbocycles. The summed E-state index contributed by atoms with van der Waals surface area (Å²) in [4.78, 5) is 23.7. The maximum Gasteiger partial charge on any atom is 0.251 e. The van der Waals surface area contributed by atoms with Gasteiger partial charge in [0.05, 0.1) is 0 Å². The monoisotopic (exact) mass is 341 g/mol. The summed E-state index contributed by atoms with van der Waals surface area (Å²) < 4.78 is 0. The van der Waals surface area contributed by atoms with Gasteiger partial charge in [0.2, 0.25) is 5.91 Å². The molecule has 6 heteroatoms. The van der Waals surface area contributed by atoms with E-state index in [9.17, 15) is 9.59 Å². The fourth-order valence-electron chi connectivity index (χ4n) is 1.88. The lowest BCUT2D eigenvalue weighted by Crippen LogP contribution is -2.32. The predicted molar refractivity (Wildman–Crippen MR) is 95.6 cm³/mol. The van der Waals surface area contributed by atoms with E-state index in [2.05, 4.69) is 10.6 Å². The van der Waals surface area contributed by atoms with E-state index in [-0.39, 0.29) is 36.3 Å². The number of hydrogen-bond acceptors (Lipinski definition) is 3. The van der Waals surface area contributed by atoms with Gasteiger partial charge in [-0.25, -0.2) is 0 Å². The summed E-state index contributed by atoms with van der Waals surface area (Å²) in [5, 5.41) is 5.78. The van der Waals surface area contributed by atoms with E-state index in [1.165, 1.54) is 0 Å². The van der Waals surface area contributed by atoms with Gasteiger partial charge in [0, 0.05) is 30.6 Å². The van der Waals surface area contributed by atoms with Gasteiger partial charge in [-0.1, -0.05) is 19.1 Å². The van der Waals surface area contributed by atoms with Crippen molar-refractivity contribution in [3.05, 3.63) is 35.4 Å². The quantitative estimate of drug-likeness (QED) is 0.678. The minimum atomic E-state index is -0.0838. The van der Waals surface area contributed by atoms with Crippen LogP contribution in [-0.2, 0) is 11.3 Å². The van der Waals surface area contributed by atoms with Crippen molar-refractivity contribution >= 4 is 24.2 Å². The minimum Gasteiger partial charge on any atom is -0.352 e. The van der Waals surface area contributed by atoms with E-state index in [4.69, 9.17) is 5.73 Å². The number of hydrogen-bond donors (Lipinski definition) is 3. The Morgan fingerprint density at radius 3 is 2.57 bits per heavy atom. The number of nitrogens with two attached hydrogens (primary N) is 1. The Balaban J connectivity index is 0.00000484. The summed E-state index contributed by atoms with van der Waals surface area (Å²) in [6.07, 6.45) is 1.98. The molecule has 0 aliphatic carbocycles. The second-order valence-electron chi connectivity index (χ2n) is 5.78. The van der Waals surface area contributed by atoms with Gasteiger partial charge < -0.3 is 16.4 Å². The highest BCUT2D eigenvalue weighted by Gasteiger charge is 2.09. The summed E-state index contributed by atoms with van der Waals surface area (Å²) in [6.45, 7) is 6.30. The molecular weight excluding hydrogens is 314 g/mol. The number of carbonyl (C=O) groups is 2. The third-order valence-corrected chi connectivity index (χ3v) is 3.50. The zero-order valence-corrected chi connectivity index (χ0v) is 14.9. The van der Waals surface area contributed by atoms with Crippen molar-refractivity contribution in [2.75, 3.05) is 0 Å². The first-order valence-electron chi connectivity index (χ1n) is 7.84. The molecule has 2 amide bonds. The molecule has 0 heterocycles. The van der Waals surface area contributed by atoms with Crippen LogP contribution in [0.25, 0.3) is 0 Å². The molecule has 23 heavy (non-hydrogen) atoms. The van der Waals surface area contributed by atoms with E-state index in [0.29, 0.717) is 24.9 Å². The van der Waals surface area contributed by atoms with Crippen LogP contribution in [0, 0.1) is 0 Å². The average molecular weight is 342 g/mol. The van der Waals surface area contributed by atoms with Crippen molar-refractivity contribution in [2.45, 2.75) is 58.7 Å². The first-order chi connectivity index (χ1) is 10.4. The predicted octanol–water partition coefficient (Wildman–Crippen LogP) is 2.38. The molecule has 0 bridgehead atoms.